The van der Waals surface area contributed by atoms with E-state index in [4.69, 9.17) is 0 Å². The molecule has 1 heterocycles. The largest absolute Gasteiger partial charge is 0.434 e. The molecule has 2 atom stereocenters. The second-order valence-electron chi connectivity index (χ2n) is 6.07. The van der Waals surface area contributed by atoms with E-state index in [0.717, 1.165) is 25.2 Å². The Morgan fingerprint density at radius 1 is 1.14 bits per heavy atom. The highest BCUT2D eigenvalue weighted by Gasteiger charge is 2.18. The van der Waals surface area contributed by atoms with Crippen LogP contribution in [0.5, 0.6) is 5.75 Å². The van der Waals surface area contributed by atoms with E-state index in [1.807, 2.05) is 19.1 Å². The zero-order valence-electron chi connectivity index (χ0n) is 13.4. The predicted molar refractivity (Wildman–Crippen MR) is 84.4 cm³/mol. The van der Waals surface area contributed by atoms with Crippen LogP contribution in [0, 0.1) is 0 Å². The lowest BCUT2D eigenvalue weighted by atomic mass is 10.1. The monoisotopic (exact) mass is 312 g/mol. The lowest BCUT2D eigenvalue weighted by molar-refractivity contribution is -0.0506. The average molecular weight is 312 g/mol. The van der Waals surface area contributed by atoms with Gasteiger partial charge in [-0.1, -0.05) is 24.6 Å². The maximum atomic E-state index is 12.5. The lowest BCUT2D eigenvalue weighted by Crippen LogP contribution is -2.42. The van der Waals surface area contributed by atoms with E-state index >= 15 is 0 Å². The van der Waals surface area contributed by atoms with Crippen LogP contribution in [0.4, 0.5) is 8.78 Å². The van der Waals surface area contributed by atoms with Crippen molar-refractivity contribution in [3.05, 3.63) is 29.8 Å². The number of hydrogen-bond donors (Lipinski definition) is 1. The van der Waals surface area contributed by atoms with Crippen molar-refractivity contribution in [3.8, 4) is 5.75 Å². The number of likely N-dealkylation sites (tertiary alicyclic amines) is 1. The minimum absolute atomic E-state index is 0.0326. The molecular formula is C17H26F2N2O. The van der Waals surface area contributed by atoms with Crippen molar-refractivity contribution in [1.82, 2.24) is 10.2 Å². The van der Waals surface area contributed by atoms with Crippen molar-refractivity contribution < 1.29 is 13.5 Å². The van der Waals surface area contributed by atoms with E-state index in [2.05, 4.69) is 21.9 Å². The van der Waals surface area contributed by atoms with Gasteiger partial charge in [-0.15, -0.1) is 0 Å². The van der Waals surface area contributed by atoms with Gasteiger partial charge in [0.1, 0.15) is 5.75 Å². The maximum Gasteiger partial charge on any atom is 0.387 e. The third-order valence-electron chi connectivity index (χ3n) is 4.12. The molecule has 124 valence electrons. The molecule has 5 heteroatoms. The first kappa shape index (κ1) is 17.2. The fraction of sp³-hybridized carbons (Fsp3) is 0.647. The molecule has 0 aliphatic carbocycles. The molecule has 0 radical (unpaired) electrons. The highest BCUT2D eigenvalue weighted by Crippen LogP contribution is 2.26. The van der Waals surface area contributed by atoms with Crippen LogP contribution < -0.4 is 10.1 Å². The summed E-state index contributed by atoms with van der Waals surface area (Å²) >= 11 is 0. The highest BCUT2D eigenvalue weighted by molar-refractivity contribution is 5.35. The van der Waals surface area contributed by atoms with Crippen LogP contribution in [0.1, 0.15) is 44.7 Å². The first-order valence-corrected chi connectivity index (χ1v) is 8.08. The van der Waals surface area contributed by atoms with Gasteiger partial charge in [-0.25, -0.2) is 0 Å². The Kier molecular flexibility index (Phi) is 6.58. The molecule has 2 rings (SSSR count). The Hall–Kier alpha value is -1.20. The number of benzene rings is 1. The van der Waals surface area contributed by atoms with Crippen LogP contribution in [0.3, 0.4) is 0 Å². The van der Waals surface area contributed by atoms with Gasteiger partial charge >= 0.3 is 6.61 Å². The van der Waals surface area contributed by atoms with Gasteiger partial charge in [0, 0.05) is 24.2 Å². The van der Waals surface area contributed by atoms with Gasteiger partial charge in [-0.2, -0.15) is 8.78 Å². The van der Waals surface area contributed by atoms with Gasteiger partial charge in [0.25, 0.3) is 0 Å². The number of piperidine rings is 1. The predicted octanol–water partition coefficient (Wildman–Crippen LogP) is 3.81. The summed E-state index contributed by atoms with van der Waals surface area (Å²) in [5, 5.41) is 3.49. The van der Waals surface area contributed by atoms with Gasteiger partial charge in [-0.05, 0) is 45.8 Å². The van der Waals surface area contributed by atoms with E-state index in [1.165, 1.54) is 19.3 Å². The number of alkyl halides is 2. The SMILES string of the molecule is CC(CN1CCCCC1)NC(C)c1ccccc1OC(F)F. The quantitative estimate of drug-likeness (QED) is 0.828. The smallest absolute Gasteiger partial charge is 0.387 e. The summed E-state index contributed by atoms with van der Waals surface area (Å²) in [7, 11) is 0. The normalized spacial score (nSPS) is 19.1. The third kappa shape index (κ3) is 5.21. The number of hydrogen-bond acceptors (Lipinski definition) is 3. The molecule has 0 saturated carbocycles. The summed E-state index contributed by atoms with van der Waals surface area (Å²) in [6, 6.07) is 7.26. The van der Waals surface area contributed by atoms with Crippen LogP contribution in [-0.2, 0) is 0 Å². The number of rotatable bonds is 7. The molecular weight excluding hydrogens is 286 g/mol. The molecule has 0 spiro atoms. The fourth-order valence-corrected chi connectivity index (χ4v) is 3.14. The molecule has 1 aromatic rings. The zero-order chi connectivity index (χ0) is 15.9. The van der Waals surface area contributed by atoms with E-state index < -0.39 is 6.61 Å². The van der Waals surface area contributed by atoms with E-state index in [0.29, 0.717) is 6.04 Å². The van der Waals surface area contributed by atoms with Gasteiger partial charge in [-0.3, -0.25) is 0 Å². The van der Waals surface area contributed by atoms with Crippen LogP contribution in [0.2, 0.25) is 0 Å². The van der Waals surface area contributed by atoms with Crippen LogP contribution in [0.15, 0.2) is 24.3 Å². The van der Waals surface area contributed by atoms with E-state index in [9.17, 15) is 8.78 Å². The molecule has 22 heavy (non-hydrogen) atoms. The van der Waals surface area contributed by atoms with Crippen LogP contribution in [-0.4, -0.2) is 37.2 Å². The Morgan fingerprint density at radius 2 is 1.82 bits per heavy atom. The summed E-state index contributed by atoms with van der Waals surface area (Å²) in [5.41, 5.74) is 0.772. The number of nitrogens with zero attached hydrogens (tertiary/aromatic N) is 1. The summed E-state index contributed by atoms with van der Waals surface area (Å²) in [5.74, 6) is 0.252. The number of halogens is 2. The van der Waals surface area contributed by atoms with E-state index in [-0.39, 0.29) is 11.8 Å². The van der Waals surface area contributed by atoms with Gasteiger partial charge in [0.2, 0.25) is 0 Å². The van der Waals surface area contributed by atoms with Crippen molar-refractivity contribution in [2.75, 3.05) is 19.6 Å². The average Bonchev–Trinajstić information content (AvgIpc) is 2.48. The summed E-state index contributed by atoms with van der Waals surface area (Å²) in [6.07, 6.45) is 3.87. The summed E-state index contributed by atoms with van der Waals surface area (Å²) < 4.78 is 29.6. The molecule has 1 saturated heterocycles. The summed E-state index contributed by atoms with van der Waals surface area (Å²) in [4.78, 5) is 2.47. The first-order chi connectivity index (χ1) is 10.6. The van der Waals surface area contributed by atoms with Crippen molar-refractivity contribution in [3.63, 3.8) is 0 Å². The van der Waals surface area contributed by atoms with Crippen molar-refractivity contribution in [2.24, 2.45) is 0 Å². The van der Waals surface area contributed by atoms with Crippen molar-refractivity contribution in [2.45, 2.75) is 51.8 Å². The molecule has 0 aromatic heterocycles. The molecule has 1 N–H and O–H groups in total. The lowest BCUT2D eigenvalue weighted by Gasteiger charge is -2.31. The number of para-hydroxylation sites is 1. The number of nitrogens with one attached hydrogen (secondary N) is 1. The Morgan fingerprint density at radius 3 is 2.50 bits per heavy atom. The second kappa shape index (κ2) is 8.44. The molecule has 1 aliphatic rings. The molecule has 2 unspecified atom stereocenters. The molecule has 0 bridgehead atoms. The van der Waals surface area contributed by atoms with Gasteiger partial charge in [0.15, 0.2) is 0 Å². The number of ether oxygens (including phenoxy) is 1. The second-order valence-corrected chi connectivity index (χ2v) is 6.07. The van der Waals surface area contributed by atoms with Gasteiger partial charge < -0.3 is 15.0 Å². The summed E-state index contributed by atoms with van der Waals surface area (Å²) in [6.45, 7) is 4.64. The minimum atomic E-state index is -2.79. The standard InChI is InChI=1S/C17H26F2N2O/c1-13(12-21-10-6-3-7-11-21)20-14(2)15-8-4-5-9-16(15)22-17(18)19/h4-5,8-9,13-14,17,20H,3,6-7,10-12H2,1-2H3. The van der Waals surface area contributed by atoms with Crippen LogP contribution >= 0.6 is 0 Å². The van der Waals surface area contributed by atoms with Crippen LogP contribution in [0.25, 0.3) is 0 Å². The molecule has 1 aromatic carbocycles. The third-order valence-corrected chi connectivity index (χ3v) is 4.12. The molecule has 1 aliphatic heterocycles. The van der Waals surface area contributed by atoms with E-state index in [1.54, 1.807) is 12.1 Å². The molecule has 3 nitrogen and oxygen atoms in total. The van der Waals surface area contributed by atoms with Gasteiger partial charge in [0.05, 0.1) is 0 Å². The van der Waals surface area contributed by atoms with Crippen molar-refractivity contribution >= 4 is 0 Å². The highest BCUT2D eigenvalue weighted by atomic mass is 19.3. The Bertz CT molecular complexity index is 450. The first-order valence-electron chi connectivity index (χ1n) is 8.08. The maximum absolute atomic E-state index is 12.5. The topological polar surface area (TPSA) is 24.5 Å². The Labute approximate surface area is 131 Å². The molecule has 1 fully saturated rings. The zero-order valence-corrected chi connectivity index (χ0v) is 13.4. The molecule has 0 amide bonds. The van der Waals surface area contributed by atoms with Crippen molar-refractivity contribution in [1.29, 1.82) is 0 Å². The minimum Gasteiger partial charge on any atom is -0.434 e. The Balaban J connectivity index is 1.91. The fourth-order valence-electron chi connectivity index (χ4n) is 3.14.